The topological polar surface area (TPSA) is 54.3 Å². The largest absolute Gasteiger partial charge is 0.354 e. The van der Waals surface area contributed by atoms with Gasteiger partial charge in [-0.15, -0.1) is 0 Å². The Morgan fingerprint density at radius 3 is 2.44 bits per heavy atom. The van der Waals surface area contributed by atoms with Gasteiger partial charge in [-0.25, -0.2) is 8.78 Å². The standard InChI is InChI=1S/C18H21F2N3O2/c1-22(2)15(18-13(19)6-5-7-14(18)20)12-21-16(24)9-11-23-10-4-3-8-17(23)25/h3-8,10,15H,9,11-12H2,1-2H3,(H,21,24)/t15-/m1/s1. The Kier molecular flexibility index (Phi) is 6.41. The molecule has 1 heterocycles. The van der Waals surface area contributed by atoms with Crippen LogP contribution < -0.4 is 10.9 Å². The summed E-state index contributed by atoms with van der Waals surface area (Å²) < 4.78 is 29.4. The average molecular weight is 349 g/mol. The summed E-state index contributed by atoms with van der Waals surface area (Å²) in [7, 11) is 3.37. The van der Waals surface area contributed by atoms with Gasteiger partial charge in [0.25, 0.3) is 5.56 Å². The van der Waals surface area contributed by atoms with Crippen molar-refractivity contribution >= 4 is 5.91 Å². The summed E-state index contributed by atoms with van der Waals surface area (Å²) in [6, 6.07) is 7.81. The van der Waals surface area contributed by atoms with Crippen molar-refractivity contribution in [1.82, 2.24) is 14.8 Å². The normalized spacial score (nSPS) is 12.2. The molecule has 25 heavy (non-hydrogen) atoms. The zero-order valence-electron chi connectivity index (χ0n) is 14.2. The van der Waals surface area contributed by atoms with E-state index in [9.17, 15) is 18.4 Å². The first-order valence-electron chi connectivity index (χ1n) is 7.92. The Hall–Kier alpha value is -2.54. The predicted octanol–water partition coefficient (Wildman–Crippen LogP) is 1.94. The molecule has 7 heteroatoms. The maximum Gasteiger partial charge on any atom is 0.250 e. The van der Waals surface area contributed by atoms with Crippen molar-refractivity contribution in [1.29, 1.82) is 0 Å². The number of aryl methyl sites for hydroxylation is 1. The van der Waals surface area contributed by atoms with Crippen LogP contribution in [0.4, 0.5) is 8.78 Å². The lowest BCUT2D eigenvalue weighted by atomic mass is 10.0. The molecule has 5 nitrogen and oxygen atoms in total. The molecule has 2 rings (SSSR count). The van der Waals surface area contributed by atoms with E-state index in [-0.39, 0.29) is 36.5 Å². The smallest absolute Gasteiger partial charge is 0.250 e. The lowest BCUT2D eigenvalue weighted by Crippen LogP contribution is -2.36. The number of likely N-dealkylation sites (N-methyl/N-ethyl adjacent to an activating group) is 1. The summed E-state index contributed by atoms with van der Waals surface area (Å²) in [5.41, 5.74) is -0.262. The maximum atomic E-state index is 14.0. The van der Waals surface area contributed by atoms with Crippen molar-refractivity contribution in [3.8, 4) is 0 Å². The quantitative estimate of drug-likeness (QED) is 0.831. The van der Waals surface area contributed by atoms with E-state index in [1.54, 1.807) is 37.3 Å². The molecule has 1 aromatic heterocycles. The molecule has 1 atom stereocenters. The van der Waals surface area contributed by atoms with E-state index in [0.29, 0.717) is 0 Å². The van der Waals surface area contributed by atoms with Gasteiger partial charge < -0.3 is 14.8 Å². The number of halogens is 2. The molecular weight excluding hydrogens is 328 g/mol. The molecule has 1 aromatic carbocycles. The molecule has 134 valence electrons. The van der Waals surface area contributed by atoms with E-state index in [2.05, 4.69) is 5.32 Å². The number of hydrogen-bond donors (Lipinski definition) is 1. The predicted molar refractivity (Wildman–Crippen MR) is 91.1 cm³/mol. The van der Waals surface area contributed by atoms with Gasteiger partial charge in [0.1, 0.15) is 11.6 Å². The average Bonchev–Trinajstić information content (AvgIpc) is 2.56. The molecule has 0 aliphatic carbocycles. The number of pyridine rings is 1. The molecule has 0 saturated heterocycles. The minimum atomic E-state index is -0.649. The molecular formula is C18H21F2N3O2. The summed E-state index contributed by atoms with van der Waals surface area (Å²) in [6.07, 6.45) is 1.71. The van der Waals surface area contributed by atoms with Gasteiger partial charge in [-0.2, -0.15) is 0 Å². The molecule has 1 N–H and O–H groups in total. The van der Waals surface area contributed by atoms with Crippen LogP contribution in [0, 0.1) is 11.6 Å². The van der Waals surface area contributed by atoms with Gasteiger partial charge in [-0.3, -0.25) is 9.59 Å². The zero-order valence-corrected chi connectivity index (χ0v) is 14.2. The second kappa shape index (κ2) is 8.53. The third-order valence-electron chi connectivity index (χ3n) is 3.93. The molecule has 0 aliphatic rings. The van der Waals surface area contributed by atoms with Gasteiger partial charge in [-0.05, 0) is 32.3 Å². The number of hydrogen-bond acceptors (Lipinski definition) is 3. The van der Waals surface area contributed by atoms with Gasteiger partial charge in [0.2, 0.25) is 5.91 Å². The van der Waals surface area contributed by atoms with Gasteiger partial charge >= 0.3 is 0 Å². The monoisotopic (exact) mass is 349 g/mol. The van der Waals surface area contributed by atoms with E-state index < -0.39 is 17.7 Å². The fraction of sp³-hybridized carbons (Fsp3) is 0.333. The first-order valence-corrected chi connectivity index (χ1v) is 7.92. The van der Waals surface area contributed by atoms with Gasteiger partial charge in [0.15, 0.2) is 0 Å². The van der Waals surface area contributed by atoms with Gasteiger partial charge in [-0.1, -0.05) is 12.1 Å². The van der Waals surface area contributed by atoms with E-state index in [0.717, 1.165) is 0 Å². The molecule has 0 aliphatic heterocycles. The Balaban J connectivity index is 1.98. The van der Waals surface area contributed by atoms with Crippen LogP contribution in [-0.2, 0) is 11.3 Å². The molecule has 1 amide bonds. The van der Waals surface area contributed by atoms with Crippen molar-refractivity contribution in [2.24, 2.45) is 0 Å². The van der Waals surface area contributed by atoms with Gasteiger partial charge in [0.05, 0.1) is 6.04 Å². The van der Waals surface area contributed by atoms with Crippen molar-refractivity contribution < 1.29 is 13.6 Å². The molecule has 0 radical (unpaired) electrons. The summed E-state index contributed by atoms with van der Waals surface area (Å²) >= 11 is 0. The number of carbonyl (C=O) groups excluding carboxylic acids is 1. The lowest BCUT2D eigenvalue weighted by molar-refractivity contribution is -0.121. The summed E-state index contributed by atoms with van der Waals surface area (Å²) in [5.74, 6) is -1.59. The van der Waals surface area contributed by atoms with Crippen LogP contribution in [0.1, 0.15) is 18.0 Å². The second-order valence-corrected chi connectivity index (χ2v) is 5.90. The van der Waals surface area contributed by atoms with E-state index in [4.69, 9.17) is 0 Å². The summed E-state index contributed by atoms with van der Waals surface area (Å²) in [6.45, 7) is 0.305. The minimum Gasteiger partial charge on any atom is -0.354 e. The first-order chi connectivity index (χ1) is 11.9. The number of rotatable bonds is 7. The van der Waals surface area contributed by atoms with Crippen molar-refractivity contribution in [3.63, 3.8) is 0 Å². The van der Waals surface area contributed by atoms with E-state index in [1.165, 1.54) is 28.8 Å². The minimum absolute atomic E-state index is 0.0629. The summed E-state index contributed by atoms with van der Waals surface area (Å²) in [5, 5.41) is 2.68. The van der Waals surface area contributed by atoms with Crippen LogP contribution in [-0.4, -0.2) is 36.0 Å². The van der Waals surface area contributed by atoms with Crippen LogP contribution in [0.2, 0.25) is 0 Å². The fourth-order valence-corrected chi connectivity index (χ4v) is 2.54. The van der Waals surface area contributed by atoms with Crippen molar-refractivity contribution in [2.45, 2.75) is 19.0 Å². The summed E-state index contributed by atoms with van der Waals surface area (Å²) in [4.78, 5) is 25.3. The second-order valence-electron chi connectivity index (χ2n) is 5.90. The first kappa shape index (κ1) is 18.8. The molecule has 0 bridgehead atoms. The molecule has 0 unspecified atom stereocenters. The van der Waals surface area contributed by atoms with Crippen LogP contribution in [0.3, 0.4) is 0 Å². The highest BCUT2D eigenvalue weighted by molar-refractivity contribution is 5.75. The van der Waals surface area contributed by atoms with Crippen molar-refractivity contribution in [3.05, 3.63) is 70.1 Å². The Labute approximate surface area is 144 Å². The van der Waals surface area contributed by atoms with E-state index >= 15 is 0 Å². The number of amides is 1. The molecule has 2 aromatic rings. The molecule has 0 spiro atoms. The lowest BCUT2D eigenvalue weighted by Gasteiger charge is -2.25. The van der Waals surface area contributed by atoms with Crippen LogP contribution in [0.15, 0.2) is 47.4 Å². The molecule has 0 fully saturated rings. The number of nitrogens with one attached hydrogen (secondary N) is 1. The van der Waals surface area contributed by atoms with Crippen LogP contribution in [0.25, 0.3) is 0 Å². The Morgan fingerprint density at radius 2 is 1.84 bits per heavy atom. The number of aromatic nitrogens is 1. The Morgan fingerprint density at radius 1 is 1.16 bits per heavy atom. The molecule has 0 saturated carbocycles. The fourth-order valence-electron chi connectivity index (χ4n) is 2.54. The van der Waals surface area contributed by atoms with Crippen molar-refractivity contribution in [2.75, 3.05) is 20.6 Å². The highest BCUT2D eigenvalue weighted by Crippen LogP contribution is 2.23. The Bertz CT molecular complexity index is 770. The third-order valence-corrected chi connectivity index (χ3v) is 3.93. The van der Waals surface area contributed by atoms with Crippen LogP contribution >= 0.6 is 0 Å². The highest BCUT2D eigenvalue weighted by Gasteiger charge is 2.22. The highest BCUT2D eigenvalue weighted by atomic mass is 19.1. The SMILES string of the molecule is CN(C)[C@H](CNC(=O)CCn1ccccc1=O)c1c(F)cccc1F. The number of benzene rings is 1. The third kappa shape index (κ3) is 4.96. The number of nitrogens with zero attached hydrogens (tertiary/aromatic N) is 2. The van der Waals surface area contributed by atoms with E-state index in [1.807, 2.05) is 0 Å². The zero-order chi connectivity index (χ0) is 18.4. The van der Waals surface area contributed by atoms with Crippen LogP contribution in [0.5, 0.6) is 0 Å². The maximum absolute atomic E-state index is 14.0. The number of carbonyl (C=O) groups is 1. The van der Waals surface area contributed by atoms with Gasteiger partial charge in [0, 0.05) is 37.3 Å².